The molecule has 0 saturated heterocycles. The molecule has 23 heavy (non-hydrogen) atoms. The van der Waals surface area contributed by atoms with Gasteiger partial charge in [0.05, 0.1) is 17.1 Å². The third-order valence-electron chi connectivity index (χ3n) is 3.39. The zero-order chi connectivity index (χ0) is 16.9. The number of anilines is 1. The molecule has 4 nitrogen and oxygen atoms in total. The van der Waals surface area contributed by atoms with Gasteiger partial charge in [-0.25, -0.2) is 4.98 Å². The van der Waals surface area contributed by atoms with E-state index >= 15 is 0 Å². The van der Waals surface area contributed by atoms with Gasteiger partial charge in [0.1, 0.15) is 0 Å². The number of carbonyl (C=O) groups excluding carboxylic acids is 1. The van der Waals surface area contributed by atoms with Crippen LogP contribution in [0.15, 0.2) is 29.6 Å². The van der Waals surface area contributed by atoms with E-state index in [4.69, 9.17) is 0 Å². The van der Waals surface area contributed by atoms with Crippen LogP contribution in [0.25, 0.3) is 0 Å². The van der Waals surface area contributed by atoms with E-state index in [1.807, 2.05) is 29.6 Å². The van der Waals surface area contributed by atoms with Gasteiger partial charge in [-0.05, 0) is 18.2 Å². The zero-order valence-corrected chi connectivity index (χ0v) is 15.1. The molecule has 1 aromatic heterocycles. The molecule has 0 aliphatic rings. The smallest absolute Gasteiger partial charge is 0.230 e. The van der Waals surface area contributed by atoms with Crippen LogP contribution in [0.4, 0.5) is 5.69 Å². The van der Waals surface area contributed by atoms with Crippen molar-refractivity contribution in [2.24, 2.45) is 0 Å². The largest absolute Gasteiger partial charge is 0.325 e. The highest BCUT2D eigenvalue weighted by Gasteiger charge is 2.19. The Labute approximate surface area is 142 Å². The molecule has 0 saturated carbocycles. The second-order valence-electron chi connectivity index (χ2n) is 6.56. The van der Waals surface area contributed by atoms with Crippen molar-refractivity contribution >= 4 is 22.9 Å². The summed E-state index contributed by atoms with van der Waals surface area (Å²) in [5.41, 5.74) is 2.82. The molecule has 2 aromatic rings. The van der Waals surface area contributed by atoms with Crippen molar-refractivity contribution in [2.75, 3.05) is 11.9 Å². The van der Waals surface area contributed by atoms with Crippen LogP contribution in [-0.4, -0.2) is 17.4 Å². The fraction of sp³-hybridized carbons (Fsp3) is 0.444. The maximum Gasteiger partial charge on any atom is 0.230 e. The first-order valence-corrected chi connectivity index (χ1v) is 8.81. The molecular formula is C18H25N3OS. The number of thiazole rings is 1. The van der Waals surface area contributed by atoms with E-state index in [9.17, 15) is 4.79 Å². The van der Waals surface area contributed by atoms with E-state index in [2.05, 4.69) is 43.3 Å². The number of rotatable bonds is 6. The molecule has 1 aromatic carbocycles. The van der Waals surface area contributed by atoms with Gasteiger partial charge in [0, 0.05) is 23.0 Å². The second-order valence-corrected chi connectivity index (χ2v) is 7.41. The molecule has 0 aliphatic heterocycles. The highest BCUT2D eigenvalue weighted by atomic mass is 32.1. The molecule has 0 bridgehead atoms. The van der Waals surface area contributed by atoms with Gasteiger partial charge in [0.2, 0.25) is 5.91 Å². The lowest BCUT2D eigenvalue weighted by Gasteiger charge is -2.13. The fourth-order valence-corrected chi connectivity index (χ4v) is 3.05. The Bertz CT molecular complexity index is 658. The van der Waals surface area contributed by atoms with Gasteiger partial charge >= 0.3 is 0 Å². The summed E-state index contributed by atoms with van der Waals surface area (Å²) >= 11 is 1.62. The molecule has 0 atom stereocenters. The molecule has 5 heteroatoms. The summed E-state index contributed by atoms with van der Waals surface area (Å²) in [5.74, 6) is -0.0280. The van der Waals surface area contributed by atoms with Crippen molar-refractivity contribution < 1.29 is 4.79 Å². The molecule has 0 unspecified atom stereocenters. The third kappa shape index (κ3) is 5.15. The molecule has 0 spiro atoms. The normalized spacial score (nSPS) is 11.5. The van der Waals surface area contributed by atoms with Gasteiger partial charge in [-0.3, -0.25) is 4.79 Å². The molecule has 0 radical (unpaired) electrons. The molecule has 1 heterocycles. The summed E-state index contributed by atoms with van der Waals surface area (Å²) in [6, 6.07) is 7.88. The van der Waals surface area contributed by atoms with Crippen LogP contribution < -0.4 is 10.6 Å². The van der Waals surface area contributed by atoms with Crippen LogP contribution in [0.3, 0.4) is 0 Å². The highest BCUT2D eigenvalue weighted by Crippen LogP contribution is 2.25. The Morgan fingerprint density at radius 3 is 2.65 bits per heavy atom. The van der Waals surface area contributed by atoms with Gasteiger partial charge in [-0.1, -0.05) is 45.9 Å². The Morgan fingerprint density at radius 1 is 1.26 bits per heavy atom. The molecule has 1 amide bonds. The van der Waals surface area contributed by atoms with Crippen LogP contribution in [0.1, 0.15) is 44.0 Å². The standard InChI is InChI=1S/C18H25N3OS/c1-5-19-11-13-8-6-7-9-15(13)21-16(22)10-14-12-23-17(20-14)18(2,3)4/h6-9,12,19H,5,10-11H2,1-4H3,(H,21,22). The van der Waals surface area contributed by atoms with Crippen molar-refractivity contribution in [1.82, 2.24) is 10.3 Å². The quantitative estimate of drug-likeness (QED) is 0.848. The second kappa shape index (κ2) is 7.70. The average molecular weight is 331 g/mol. The van der Waals surface area contributed by atoms with E-state index in [0.717, 1.165) is 35.0 Å². The van der Waals surface area contributed by atoms with Crippen molar-refractivity contribution in [1.29, 1.82) is 0 Å². The Morgan fingerprint density at radius 2 is 2.00 bits per heavy atom. The monoisotopic (exact) mass is 331 g/mol. The number of aromatic nitrogens is 1. The van der Waals surface area contributed by atoms with Gasteiger partial charge in [-0.2, -0.15) is 0 Å². The fourth-order valence-electron chi connectivity index (χ4n) is 2.15. The Hall–Kier alpha value is -1.72. The Kier molecular flexibility index (Phi) is 5.91. The first kappa shape index (κ1) is 17.6. The zero-order valence-electron chi connectivity index (χ0n) is 14.3. The van der Waals surface area contributed by atoms with Gasteiger partial charge in [-0.15, -0.1) is 11.3 Å². The van der Waals surface area contributed by atoms with Crippen LogP contribution >= 0.6 is 11.3 Å². The summed E-state index contributed by atoms with van der Waals surface area (Å²) in [6.45, 7) is 10.1. The topological polar surface area (TPSA) is 54.0 Å². The van der Waals surface area contributed by atoms with Crippen LogP contribution in [0, 0.1) is 0 Å². The summed E-state index contributed by atoms with van der Waals surface area (Å²) in [4.78, 5) is 16.9. The third-order valence-corrected chi connectivity index (χ3v) is 4.71. The predicted octanol–water partition coefficient (Wildman–Crippen LogP) is 3.73. The SMILES string of the molecule is CCNCc1ccccc1NC(=O)Cc1csc(C(C)(C)C)n1. The molecule has 0 fully saturated rings. The minimum absolute atomic E-state index is 0.0256. The van der Waals surface area contributed by atoms with Crippen LogP contribution in [0.5, 0.6) is 0 Å². The molecule has 2 rings (SSSR count). The van der Waals surface area contributed by atoms with E-state index in [1.165, 1.54) is 0 Å². The van der Waals surface area contributed by atoms with Gasteiger partial charge in [0.25, 0.3) is 0 Å². The number of para-hydroxylation sites is 1. The molecular weight excluding hydrogens is 306 g/mol. The maximum atomic E-state index is 12.3. The lowest BCUT2D eigenvalue weighted by Crippen LogP contribution is -2.18. The number of benzene rings is 1. The van der Waals surface area contributed by atoms with E-state index in [-0.39, 0.29) is 11.3 Å². The number of nitrogens with zero attached hydrogens (tertiary/aromatic N) is 1. The first-order valence-electron chi connectivity index (χ1n) is 7.93. The first-order chi connectivity index (χ1) is 10.9. The summed E-state index contributed by atoms with van der Waals surface area (Å²) < 4.78 is 0. The minimum atomic E-state index is -0.0280. The number of nitrogens with one attached hydrogen (secondary N) is 2. The average Bonchev–Trinajstić information content (AvgIpc) is 2.95. The van der Waals surface area contributed by atoms with Crippen molar-refractivity contribution in [3.05, 3.63) is 45.9 Å². The predicted molar refractivity (Wildman–Crippen MR) is 97.0 cm³/mol. The number of carbonyl (C=O) groups is 1. The highest BCUT2D eigenvalue weighted by molar-refractivity contribution is 7.09. The lowest BCUT2D eigenvalue weighted by molar-refractivity contribution is -0.115. The van der Waals surface area contributed by atoms with Crippen LogP contribution in [0.2, 0.25) is 0 Å². The van der Waals surface area contributed by atoms with E-state index in [1.54, 1.807) is 11.3 Å². The van der Waals surface area contributed by atoms with Crippen molar-refractivity contribution in [3.8, 4) is 0 Å². The minimum Gasteiger partial charge on any atom is -0.325 e. The van der Waals surface area contributed by atoms with E-state index in [0.29, 0.717) is 6.42 Å². The Balaban J connectivity index is 2.01. The molecule has 2 N–H and O–H groups in total. The van der Waals surface area contributed by atoms with Gasteiger partial charge < -0.3 is 10.6 Å². The molecule has 0 aliphatic carbocycles. The van der Waals surface area contributed by atoms with E-state index < -0.39 is 0 Å². The summed E-state index contributed by atoms with van der Waals surface area (Å²) in [5, 5.41) is 9.33. The number of amides is 1. The number of hydrogen-bond donors (Lipinski definition) is 2. The van der Waals surface area contributed by atoms with Crippen molar-refractivity contribution in [2.45, 2.75) is 46.1 Å². The summed E-state index contributed by atoms with van der Waals surface area (Å²) in [7, 11) is 0. The maximum absolute atomic E-state index is 12.3. The van der Waals surface area contributed by atoms with Crippen LogP contribution in [-0.2, 0) is 23.2 Å². The molecule has 124 valence electrons. The van der Waals surface area contributed by atoms with Crippen molar-refractivity contribution in [3.63, 3.8) is 0 Å². The number of hydrogen-bond acceptors (Lipinski definition) is 4. The van der Waals surface area contributed by atoms with Gasteiger partial charge in [0.15, 0.2) is 0 Å². The lowest BCUT2D eigenvalue weighted by atomic mass is 9.98. The summed E-state index contributed by atoms with van der Waals surface area (Å²) in [6.07, 6.45) is 0.308.